The van der Waals surface area contributed by atoms with E-state index in [-0.39, 0.29) is 18.2 Å². The molecule has 2 atom stereocenters. The number of nitrogens with one attached hydrogen (secondary N) is 1. The summed E-state index contributed by atoms with van der Waals surface area (Å²) in [5.41, 5.74) is -0.163. The lowest BCUT2D eigenvalue weighted by Gasteiger charge is -2.28. The number of aliphatic hydroxyl groups excluding tert-OH is 1. The van der Waals surface area contributed by atoms with Crippen molar-refractivity contribution in [3.63, 3.8) is 0 Å². The van der Waals surface area contributed by atoms with Crippen LogP contribution < -0.4 is 10.1 Å². The Kier molecular flexibility index (Phi) is 4.13. The molecule has 1 saturated carbocycles. The summed E-state index contributed by atoms with van der Waals surface area (Å²) < 4.78 is 6.24. The smallest absolute Gasteiger partial charge is 0.127 e. The van der Waals surface area contributed by atoms with E-state index in [1.165, 1.54) is 5.39 Å². The van der Waals surface area contributed by atoms with E-state index in [2.05, 4.69) is 30.4 Å². The lowest BCUT2D eigenvalue weighted by molar-refractivity contribution is 0.142. The van der Waals surface area contributed by atoms with E-state index in [9.17, 15) is 5.11 Å². The predicted octanol–water partition coefficient (Wildman–Crippen LogP) is 3.11. The van der Waals surface area contributed by atoms with Crippen LogP contribution >= 0.6 is 0 Å². The Morgan fingerprint density at radius 1 is 1.24 bits per heavy atom. The van der Waals surface area contributed by atoms with Crippen molar-refractivity contribution in [1.29, 1.82) is 0 Å². The fraction of sp³-hybridized carbons (Fsp3) is 0.444. The van der Waals surface area contributed by atoms with Crippen molar-refractivity contribution in [1.82, 2.24) is 5.32 Å². The van der Waals surface area contributed by atoms with Crippen molar-refractivity contribution in [3.05, 3.63) is 42.5 Å². The molecule has 0 saturated heterocycles. The zero-order valence-electron chi connectivity index (χ0n) is 12.5. The summed E-state index contributed by atoms with van der Waals surface area (Å²) in [5, 5.41) is 15.5. The number of aliphatic hydroxyl groups is 1. The highest BCUT2D eigenvalue weighted by Crippen LogP contribution is 2.34. The molecule has 1 aliphatic carbocycles. The van der Waals surface area contributed by atoms with Gasteiger partial charge >= 0.3 is 0 Å². The summed E-state index contributed by atoms with van der Waals surface area (Å²) in [6, 6.07) is 14.5. The minimum Gasteiger partial charge on any atom is -0.490 e. The highest BCUT2D eigenvalue weighted by atomic mass is 16.5. The summed E-state index contributed by atoms with van der Waals surface area (Å²) in [7, 11) is 0. The third-order valence-corrected chi connectivity index (χ3v) is 4.46. The van der Waals surface area contributed by atoms with Gasteiger partial charge in [-0.3, -0.25) is 0 Å². The first-order chi connectivity index (χ1) is 10.3. The quantitative estimate of drug-likeness (QED) is 0.887. The standard InChI is InChI=1S/C18H23NO2/c1-2-19-18(13-20)11-10-15(12-18)21-17-9-5-7-14-6-3-4-8-16(14)17/h3-9,15,19-20H,2,10-13H2,1H3. The molecule has 2 aromatic rings. The van der Waals surface area contributed by atoms with Gasteiger partial charge in [-0.25, -0.2) is 0 Å². The van der Waals surface area contributed by atoms with E-state index in [1.54, 1.807) is 0 Å². The molecule has 2 aromatic carbocycles. The van der Waals surface area contributed by atoms with E-state index in [4.69, 9.17) is 4.74 Å². The zero-order valence-corrected chi connectivity index (χ0v) is 12.5. The monoisotopic (exact) mass is 285 g/mol. The van der Waals surface area contributed by atoms with E-state index >= 15 is 0 Å². The van der Waals surface area contributed by atoms with Crippen LogP contribution in [0, 0.1) is 0 Å². The second kappa shape index (κ2) is 6.04. The first-order valence-electron chi connectivity index (χ1n) is 7.77. The van der Waals surface area contributed by atoms with E-state index in [0.29, 0.717) is 0 Å². The lowest BCUT2D eigenvalue weighted by atomic mass is 9.99. The van der Waals surface area contributed by atoms with Gasteiger partial charge in [-0.15, -0.1) is 0 Å². The molecule has 0 aliphatic heterocycles. The molecule has 3 nitrogen and oxygen atoms in total. The maximum absolute atomic E-state index is 9.69. The number of ether oxygens (including phenoxy) is 1. The van der Waals surface area contributed by atoms with E-state index in [0.717, 1.165) is 36.9 Å². The van der Waals surface area contributed by atoms with Crippen LogP contribution in [0.3, 0.4) is 0 Å². The van der Waals surface area contributed by atoms with Crippen LogP contribution in [0.15, 0.2) is 42.5 Å². The van der Waals surface area contributed by atoms with Gasteiger partial charge in [0, 0.05) is 17.3 Å². The molecule has 112 valence electrons. The SMILES string of the molecule is CCNC1(CO)CCC(Oc2cccc3ccccc23)C1. The number of hydrogen-bond donors (Lipinski definition) is 2. The predicted molar refractivity (Wildman–Crippen MR) is 85.7 cm³/mol. The summed E-state index contributed by atoms with van der Waals surface area (Å²) in [4.78, 5) is 0. The molecule has 0 amide bonds. The maximum atomic E-state index is 9.69. The third kappa shape index (κ3) is 2.89. The average Bonchev–Trinajstić information content (AvgIpc) is 2.92. The van der Waals surface area contributed by atoms with Crippen LogP contribution in [-0.2, 0) is 0 Å². The van der Waals surface area contributed by atoms with Crippen molar-refractivity contribution in [2.45, 2.75) is 37.8 Å². The summed E-state index contributed by atoms with van der Waals surface area (Å²) in [6.45, 7) is 3.13. The van der Waals surface area contributed by atoms with Gasteiger partial charge in [0.05, 0.1) is 6.61 Å². The van der Waals surface area contributed by atoms with Crippen LogP contribution in [0.5, 0.6) is 5.75 Å². The molecule has 1 fully saturated rings. The highest BCUT2D eigenvalue weighted by molar-refractivity contribution is 5.88. The number of likely N-dealkylation sites (N-methyl/N-ethyl adjacent to an activating group) is 1. The number of rotatable bonds is 5. The van der Waals surface area contributed by atoms with Gasteiger partial charge in [0.1, 0.15) is 11.9 Å². The first-order valence-corrected chi connectivity index (χ1v) is 7.77. The van der Waals surface area contributed by atoms with Crippen molar-refractivity contribution in [3.8, 4) is 5.75 Å². The number of benzene rings is 2. The molecule has 1 aliphatic rings. The zero-order chi connectivity index (χ0) is 14.7. The summed E-state index contributed by atoms with van der Waals surface area (Å²) >= 11 is 0. The van der Waals surface area contributed by atoms with Crippen LogP contribution in [0.4, 0.5) is 0 Å². The van der Waals surface area contributed by atoms with Crippen molar-refractivity contribution < 1.29 is 9.84 Å². The molecule has 0 bridgehead atoms. The molecule has 0 heterocycles. The van der Waals surface area contributed by atoms with Gasteiger partial charge in [0.25, 0.3) is 0 Å². The Balaban J connectivity index is 1.78. The molecule has 0 aromatic heterocycles. The van der Waals surface area contributed by atoms with E-state index < -0.39 is 0 Å². The molecule has 2 unspecified atom stereocenters. The minimum atomic E-state index is -0.163. The third-order valence-electron chi connectivity index (χ3n) is 4.46. The van der Waals surface area contributed by atoms with Gasteiger partial charge in [-0.05, 0) is 30.8 Å². The van der Waals surface area contributed by atoms with Crippen LogP contribution in [0.2, 0.25) is 0 Å². The van der Waals surface area contributed by atoms with Crippen molar-refractivity contribution in [2.75, 3.05) is 13.2 Å². The van der Waals surface area contributed by atoms with Crippen LogP contribution in [0.1, 0.15) is 26.2 Å². The molecular weight excluding hydrogens is 262 g/mol. The largest absolute Gasteiger partial charge is 0.490 e. The number of hydrogen-bond acceptors (Lipinski definition) is 3. The molecule has 21 heavy (non-hydrogen) atoms. The van der Waals surface area contributed by atoms with Gasteiger partial charge < -0.3 is 15.2 Å². The van der Waals surface area contributed by atoms with Gasteiger partial charge in [0.2, 0.25) is 0 Å². The fourth-order valence-corrected chi connectivity index (χ4v) is 3.39. The Morgan fingerprint density at radius 3 is 2.86 bits per heavy atom. The van der Waals surface area contributed by atoms with Gasteiger partial charge in [-0.2, -0.15) is 0 Å². The molecule has 0 spiro atoms. The average molecular weight is 285 g/mol. The Hall–Kier alpha value is -1.58. The van der Waals surface area contributed by atoms with Gasteiger partial charge in [0.15, 0.2) is 0 Å². The summed E-state index contributed by atoms with van der Waals surface area (Å²) in [5.74, 6) is 0.948. The fourth-order valence-electron chi connectivity index (χ4n) is 3.39. The second-order valence-corrected chi connectivity index (χ2v) is 5.93. The lowest BCUT2D eigenvalue weighted by Crippen LogP contribution is -2.46. The van der Waals surface area contributed by atoms with Crippen LogP contribution in [0.25, 0.3) is 10.8 Å². The van der Waals surface area contributed by atoms with Gasteiger partial charge in [-0.1, -0.05) is 43.3 Å². The topological polar surface area (TPSA) is 41.5 Å². The Bertz CT molecular complexity index is 608. The molecule has 2 N–H and O–H groups in total. The Morgan fingerprint density at radius 2 is 2.05 bits per heavy atom. The molecule has 3 rings (SSSR count). The minimum absolute atomic E-state index is 0.163. The molecular formula is C18H23NO2. The highest BCUT2D eigenvalue weighted by Gasteiger charge is 2.39. The number of fused-ring (bicyclic) bond motifs is 1. The molecule has 0 radical (unpaired) electrons. The Labute approximate surface area is 125 Å². The van der Waals surface area contributed by atoms with Crippen LogP contribution in [-0.4, -0.2) is 29.9 Å². The molecule has 3 heteroatoms. The summed E-state index contributed by atoms with van der Waals surface area (Å²) in [6.07, 6.45) is 2.98. The normalized spacial score (nSPS) is 25.3. The van der Waals surface area contributed by atoms with Crippen molar-refractivity contribution in [2.24, 2.45) is 0 Å². The first kappa shape index (κ1) is 14.4. The second-order valence-electron chi connectivity index (χ2n) is 5.93. The van der Waals surface area contributed by atoms with E-state index in [1.807, 2.05) is 24.3 Å². The van der Waals surface area contributed by atoms with Crippen molar-refractivity contribution >= 4 is 10.8 Å². The maximum Gasteiger partial charge on any atom is 0.127 e.